The maximum atomic E-state index is 12.9. The molecule has 0 aliphatic heterocycles. The van der Waals surface area contributed by atoms with Gasteiger partial charge in [-0.15, -0.1) is 0 Å². The van der Waals surface area contributed by atoms with Crippen LogP contribution < -0.4 is 31.5 Å². The number of nitrogens with two attached hydrogens (primary N) is 2. The molecule has 0 aromatic heterocycles. The van der Waals surface area contributed by atoms with Crippen molar-refractivity contribution in [2.75, 3.05) is 22.5 Å². The molecule has 14 heteroatoms. The number of amides is 2. The molecule has 56 heavy (non-hydrogen) atoms. The van der Waals surface area contributed by atoms with Gasteiger partial charge in [0.15, 0.2) is 0 Å². The summed E-state index contributed by atoms with van der Waals surface area (Å²) in [4.78, 5) is 25.0. The molecular formula is C42H44N6O6S2. The van der Waals surface area contributed by atoms with Gasteiger partial charge >= 0.3 is 0 Å². The average molecular weight is 793 g/mol. The van der Waals surface area contributed by atoms with Crippen LogP contribution in [0.5, 0.6) is 0 Å². The molecule has 8 N–H and O–H groups in total. The zero-order valence-corrected chi connectivity index (χ0v) is 32.2. The van der Waals surface area contributed by atoms with Gasteiger partial charge in [-0.1, -0.05) is 84.9 Å². The Hall–Kier alpha value is -6.06. The first-order chi connectivity index (χ1) is 27.0. The fourth-order valence-corrected chi connectivity index (χ4v) is 7.69. The summed E-state index contributed by atoms with van der Waals surface area (Å²) in [6.45, 7) is 1.91. The summed E-state index contributed by atoms with van der Waals surface area (Å²) in [5.74, 6) is -0.539. The molecule has 0 saturated heterocycles. The maximum Gasteiger partial charge on any atom is 0.261 e. The Kier molecular flexibility index (Phi) is 14.3. The molecule has 2 amide bonds. The summed E-state index contributed by atoms with van der Waals surface area (Å²) in [6, 6.07) is 41.1. The van der Waals surface area contributed by atoms with Crippen LogP contribution in [0, 0.1) is 0 Å². The molecule has 290 valence electrons. The number of nitrogens with one attached hydrogen (secondary N) is 4. The Balaban J connectivity index is 0.000000224. The Morgan fingerprint density at radius 1 is 0.500 bits per heavy atom. The van der Waals surface area contributed by atoms with Crippen molar-refractivity contribution in [3.8, 4) is 0 Å². The first kappa shape index (κ1) is 41.1. The van der Waals surface area contributed by atoms with Gasteiger partial charge in [0, 0.05) is 42.1 Å². The van der Waals surface area contributed by atoms with E-state index in [9.17, 15) is 26.4 Å². The van der Waals surface area contributed by atoms with Crippen molar-refractivity contribution in [3.63, 3.8) is 0 Å². The van der Waals surface area contributed by atoms with E-state index < -0.39 is 20.0 Å². The molecule has 0 aliphatic carbocycles. The Labute approximate surface area is 327 Å². The summed E-state index contributed by atoms with van der Waals surface area (Å²) in [7, 11) is -7.48. The van der Waals surface area contributed by atoms with Crippen molar-refractivity contribution in [1.29, 1.82) is 0 Å². The second kappa shape index (κ2) is 19.5. The van der Waals surface area contributed by atoms with Crippen LogP contribution >= 0.6 is 0 Å². The molecule has 0 fully saturated rings. The molecule has 0 saturated carbocycles. The number of hydrogen-bond acceptors (Lipinski definition) is 8. The van der Waals surface area contributed by atoms with Crippen LogP contribution in [-0.2, 0) is 33.1 Å². The number of anilines is 2. The lowest BCUT2D eigenvalue weighted by atomic mass is 10.1. The minimum atomic E-state index is -3.80. The van der Waals surface area contributed by atoms with Gasteiger partial charge in [0.2, 0.25) is 0 Å². The predicted octanol–water partition coefficient (Wildman–Crippen LogP) is 5.99. The summed E-state index contributed by atoms with van der Waals surface area (Å²) < 4.78 is 55.4. The van der Waals surface area contributed by atoms with Crippen LogP contribution in [0.25, 0.3) is 10.8 Å². The van der Waals surface area contributed by atoms with Crippen LogP contribution in [-0.4, -0.2) is 41.7 Å². The van der Waals surface area contributed by atoms with Crippen molar-refractivity contribution < 1.29 is 26.4 Å². The van der Waals surface area contributed by atoms with Gasteiger partial charge in [-0.3, -0.25) is 19.0 Å². The molecule has 0 aliphatic rings. The van der Waals surface area contributed by atoms with Crippen LogP contribution in [0.15, 0.2) is 155 Å². The Bertz CT molecular complexity index is 2500. The quantitative estimate of drug-likeness (QED) is 0.0681. The second-order valence-corrected chi connectivity index (χ2v) is 16.0. The van der Waals surface area contributed by atoms with Crippen molar-refractivity contribution in [1.82, 2.24) is 10.6 Å². The minimum absolute atomic E-state index is 0.158. The van der Waals surface area contributed by atoms with Gasteiger partial charge in [0.25, 0.3) is 31.9 Å². The Morgan fingerprint density at radius 3 is 1.71 bits per heavy atom. The van der Waals surface area contributed by atoms with E-state index in [1.807, 2.05) is 48.5 Å². The van der Waals surface area contributed by atoms with Crippen LogP contribution in [0.4, 0.5) is 11.4 Å². The summed E-state index contributed by atoms with van der Waals surface area (Å²) in [5.41, 5.74) is 14.4. The normalized spacial score (nSPS) is 11.2. The lowest BCUT2D eigenvalue weighted by Gasteiger charge is -2.11. The highest BCUT2D eigenvalue weighted by molar-refractivity contribution is 7.93. The first-order valence-electron chi connectivity index (χ1n) is 17.8. The van der Waals surface area contributed by atoms with E-state index in [1.54, 1.807) is 72.8 Å². The van der Waals surface area contributed by atoms with Gasteiger partial charge in [-0.25, -0.2) is 16.8 Å². The van der Waals surface area contributed by atoms with Gasteiger partial charge in [-0.2, -0.15) is 0 Å². The van der Waals surface area contributed by atoms with Crippen LogP contribution in [0.2, 0.25) is 0 Å². The lowest BCUT2D eigenvalue weighted by Crippen LogP contribution is -2.25. The van der Waals surface area contributed by atoms with Crippen molar-refractivity contribution >= 4 is 54.0 Å². The molecule has 0 atom stereocenters. The topological polar surface area (TPSA) is 203 Å². The molecular weight excluding hydrogens is 749 g/mol. The number of carbonyl (C=O) groups excluding carboxylic acids is 2. The van der Waals surface area contributed by atoms with E-state index in [1.165, 1.54) is 24.3 Å². The first-order valence-corrected chi connectivity index (χ1v) is 20.8. The number of carbonyl (C=O) groups is 2. The third-order valence-corrected chi connectivity index (χ3v) is 11.2. The fourth-order valence-electron chi connectivity index (χ4n) is 5.53. The number of fused-ring (bicyclic) bond motifs is 1. The fraction of sp³-hybridized carbons (Fsp3) is 0.143. The monoisotopic (exact) mass is 792 g/mol. The van der Waals surface area contributed by atoms with E-state index in [2.05, 4.69) is 20.1 Å². The number of sulfonamides is 2. The largest absolute Gasteiger partial charge is 0.352 e. The van der Waals surface area contributed by atoms with Gasteiger partial charge in [0.05, 0.1) is 9.79 Å². The van der Waals surface area contributed by atoms with Gasteiger partial charge in [-0.05, 0) is 102 Å². The number of hydrogen-bond donors (Lipinski definition) is 6. The van der Waals surface area contributed by atoms with E-state index in [0.29, 0.717) is 48.7 Å². The molecule has 0 bridgehead atoms. The third kappa shape index (κ3) is 11.7. The van der Waals surface area contributed by atoms with E-state index in [0.717, 1.165) is 34.7 Å². The molecule has 6 aromatic carbocycles. The molecule has 0 heterocycles. The van der Waals surface area contributed by atoms with E-state index >= 15 is 0 Å². The van der Waals surface area contributed by atoms with Crippen molar-refractivity contribution in [2.45, 2.75) is 35.7 Å². The SMILES string of the molecule is NCCCCNC(=O)c1cccc(NS(=O)(=O)c2ccccc2)c1.NCc1cccc(CNC(=O)c2cccc(NS(=O)(=O)c3ccc4ccccc4c3)c2)c1. The van der Waals surface area contributed by atoms with Crippen molar-refractivity contribution in [2.24, 2.45) is 11.5 Å². The molecule has 6 rings (SSSR count). The molecule has 0 radical (unpaired) electrons. The highest BCUT2D eigenvalue weighted by Gasteiger charge is 2.17. The highest BCUT2D eigenvalue weighted by atomic mass is 32.2. The van der Waals surface area contributed by atoms with Crippen LogP contribution in [0.3, 0.4) is 0 Å². The standard InChI is InChI=1S/C25H23N3O3S.C17H21N3O3S/c26-16-18-5-3-6-19(13-18)17-27-25(29)22-9-4-10-23(14-22)28-32(30,31)24-12-11-20-7-1-2-8-21(20)15-24;18-11-4-5-12-19-17(21)14-7-6-8-15(13-14)20-24(22,23)16-9-2-1-3-10-16/h1-15,28H,16-17,26H2,(H,27,29);1-3,6-10,13,20H,4-5,11-12,18H2,(H,19,21). The molecule has 0 unspecified atom stereocenters. The zero-order chi connectivity index (χ0) is 40.0. The number of unbranched alkanes of at least 4 members (excludes halogenated alkanes) is 1. The van der Waals surface area contributed by atoms with Gasteiger partial charge in [0.1, 0.15) is 0 Å². The summed E-state index contributed by atoms with van der Waals surface area (Å²) >= 11 is 0. The zero-order valence-electron chi connectivity index (χ0n) is 30.5. The van der Waals surface area contributed by atoms with Crippen molar-refractivity contribution in [3.05, 3.63) is 168 Å². The van der Waals surface area contributed by atoms with Crippen LogP contribution in [0.1, 0.15) is 44.7 Å². The molecule has 6 aromatic rings. The predicted molar refractivity (Wildman–Crippen MR) is 221 cm³/mol. The summed E-state index contributed by atoms with van der Waals surface area (Å²) in [6.07, 6.45) is 1.65. The number of rotatable bonds is 15. The highest BCUT2D eigenvalue weighted by Crippen LogP contribution is 2.22. The Morgan fingerprint density at radius 2 is 1.07 bits per heavy atom. The summed E-state index contributed by atoms with van der Waals surface area (Å²) in [5, 5.41) is 7.43. The van der Waals surface area contributed by atoms with Gasteiger partial charge < -0.3 is 22.1 Å². The minimum Gasteiger partial charge on any atom is -0.352 e. The smallest absolute Gasteiger partial charge is 0.261 e. The average Bonchev–Trinajstić information content (AvgIpc) is 3.21. The maximum absolute atomic E-state index is 12.9. The van der Waals surface area contributed by atoms with E-state index in [4.69, 9.17) is 11.5 Å². The lowest BCUT2D eigenvalue weighted by molar-refractivity contribution is 0.0944. The number of benzene rings is 6. The third-order valence-electron chi connectivity index (χ3n) is 8.44. The second-order valence-electron chi connectivity index (χ2n) is 12.7. The molecule has 12 nitrogen and oxygen atoms in total. The molecule has 0 spiro atoms. The van der Waals surface area contributed by atoms with E-state index in [-0.39, 0.29) is 21.6 Å².